The van der Waals surface area contributed by atoms with Crippen molar-refractivity contribution in [1.82, 2.24) is 9.80 Å². The summed E-state index contributed by atoms with van der Waals surface area (Å²) in [4.78, 5) is 10.1. The first-order chi connectivity index (χ1) is 16.8. The Labute approximate surface area is 222 Å². The zero-order valence-corrected chi connectivity index (χ0v) is 24.8. The molecule has 0 bridgehead atoms. The van der Waals surface area contributed by atoms with Gasteiger partial charge in [0.1, 0.15) is 0 Å². The first-order valence-electron chi connectivity index (χ1n) is 13.8. The maximum atomic E-state index is 2.59. The van der Waals surface area contributed by atoms with Crippen molar-refractivity contribution in [2.75, 3.05) is 63.7 Å². The van der Waals surface area contributed by atoms with Crippen LogP contribution in [0.1, 0.15) is 66.0 Å². The lowest BCUT2D eigenvalue weighted by Gasteiger charge is -2.45. The zero-order valence-electron chi connectivity index (χ0n) is 24.8. The van der Waals surface area contributed by atoms with Crippen LogP contribution in [0.25, 0.3) is 0 Å². The second kappa shape index (κ2) is 11.6. The van der Waals surface area contributed by atoms with Gasteiger partial charge in [0.15, 0.2) is 0 Å². The Balaban J connectivity index is 1.51. The van der Waals surface area contributed by atoms with Gasteiger partial charge in [0.25, 0.3) is 0 Å². The molecule has 0 aromatic heterocycles. The third-order valence-electron chi connectivity index (χ3n) is 8.12. The van der Waals surface area contributed by atoms with Gasteiger partial charge in [-0.15, -0.1) is 0 Å². The van der Waals surface area contributed by atoms with Crippen molar-refractivity contribution < 1.29 is 0 Å². The monoisotopic (exact) mass is 492 g/mol. The summed E-state index contributed by atoms with van der Waals surface area (Å²) in [5, 5.41) is 0. The zero-order chi connectivity index (χ0) is 26.7. The summed E-state index contributed by atoms with van der Waals surface area (Å²) in [5.74, 6) is 0. The second-order valence-corrected chi connectivity index (χ2v) is 13.2. The molecule has 2 aromatic rings. The lowest BCUT2D eigenvalue weighted by atomic mass is 9.87. The largest absolute Gasteiger partial charge is 0.373 e. The molecular formula is C32H52N4. The Morgan fingerprint density at radius 2 is 1.28 bits per heavy atom. The molecule has 1 fully saturated rings. The summed E-state index contributed by atoms with van der Waals surface area (Å²) >= 11 is 0. The van der Waals surface area contributed by atoms with Gasteiger partial charge in [0, 0.05) is 56.7 Å². The van der Waals surface area contributed by atoms with Crippen LogP contribution in [0.15, 0.2) is 48.5 Å². The Bertz CT molecular complexity index is 936. The summed E-state index contributed by atoms with van der Waals surface area (Å²) in [6.45, 7) is 21.5. The first-order valence-corrected chi connectivity index (χ1v) is 13.8. The van der Waals surface area contributed by atoms with Crippen molar-refractivity contribution in [3.05, 3.63) is 59.7 Å². The number of hydrogen-bond acceptors (Lipinski definition) is 4. The Hall–Kier alpha value is -2.04. The Kier molecular flexibility index (Phi) is 9.16. The average Bonchev–Trinajstić information content (AvgIpc) is 2.82. The number of anilines is 2. The minimum Gasteiger partial charge on any atom is -0.373 e. The van der Waals surface area contributed by atoms with Gasteiger partial charge in [0.05, 0.1) is 0 Å². The van der Waals surface area contributed by atoms with Crippen molar-refractivity contribution >= 4 is 11.4 Å². The van der Waals surface area contributed by atoms with E-state index in [1.807, 2.05) is 0 Å². The molecule has 1 aliphatic rings. The second-order valence-electron chi connectivity index (χ2n) is 13.2. The molecule has 1 aliphatic heterocycles. The van der Waals surface area contributed by atoms with Gasteiger partial charge >= 0.3 is 0 Å². The molecule has 0 spiro atoms. The van der Waals surface area contributed by atoms with E-state index < -0.39 is 0 Å². The first kappa shape index (κ1) is 28.5. The highest BCUT2D eigenvalue weighted by Crippen LogP contribution is 2.28. The molecule has 2 aromatic carbocycles. The molecule has 0 aliphatic carbocycles. The standard InChI is InChI=1S/C32H52N4/c1-25-23-36(29-17-13-27(14-18-29)32(5,6)7)24-30(35(25)10)19-20-33(8)21-22-34(9)28-15-11-26(12-16-28)31(2,3)4/h11-18,25,30H,19-24H2,1-10H3/t25-,30+/m0/s1. The molecule has 0 amide bonds. The van der Waals surface area contributed by atoms with Crippen LogP contribution < -0.4 is 9.80 Å². The van der Waals surface area contributed by atoms with Crippen LogP contribution in [0.4, 0.5) is 11.4 Å². The number of hydrogen-bond donors (Lipinski definition) is 0. The number of benzene rings is 2. The summed E-state index contributed by atoms with van der Waals surface area (Å²) in [5.41, 5.74) is 5.85. The normalized spacial score (nSPS) is 19.7. The van der Waals surface area contributed by atoms with E-state index in [2.05, 4.69) is 138 Å². The minimum atomic E-state index is 0.199. The molecule has 1 heterocycles. The Morgan fingerprint density at radius 1 is 0.750 bits per heavy atom. The fourth-order valence-corrected chi connectivity index (χ4v) is 5.09. The lowest BCUT2D eigenvalue weighted by molar-refractivity contribution is 0.139. The molecule has 200 valence electrons. The fourth-order valence-electron chi connectivity index (χ4n) is 5.09. The summed E-state index contributed by atoms with van der Waals surface area (Å²) in [6.07, 6.45) is 1.19. The van der Waals surface area contributed by atoms with Gasteiger partial charge < -0.3 is 14.7 Å². The van der Waals surface area contributed by atoms with E-state index in [0.29, 0.717) is 12.1 Å². The predicted molar refractivity (Wildman–Crippen MR) is 159 cm³/mol. The predicted octanol–water partition coefficient (Wildman–Crippen LogP) is 6.25. The molecule has 2 atom stereocenters. The quantitative estimate of drug-likeness (QED) is 0.432. The van der Waals surface area contributed by atoms with Gasteiger partial charge in [-0.05, 0) is 80.2 Å². The van der Waals surface area contributed by atoms with Crippen LogP contribution in [0, 0.1) is 0 Å². The van der Waals surface area contributed by atoms with Gasteiger partial charge in [0.2, 0.25) is 0 Å². The number of piperazine rings is 1. The van der Waals surface area contributed by atoms with Crippen LogP contribution in [-0.4, -0.2) is 75.8 Å². The lowest BCUT2D eigenvalue weighted by Crippen LogP contribution is -2.56. The van der Waals surface area contributed by atoms with E-state index in [1.54, 1.807) is 0 Å². The van der Waals surface area contributed by atoms with E-state index in [0.717, 1.165) is 32.7 Å². The van der Waals surface area contributed by atoms with Crippen molar-refractivity contribution in [2.24, 2.45) is 0 Å². The fraction of sp³-hybridized carbons (Fsp3) is 0.625. The molecule has 0 saturated carbocycles. The van der Waals surface area contributed by atoms with Gasteiger partial charge in [-0.2, -0.15) is 0 Å². The number of nitrogens with zero attached hydrogens (tertiary/aromatic N) is 4. The molecular weight excluding hydrogens is 440 g/mol. The molecule has 4 nitrogen and oxygen atoms in total. The van der Waals surface area contributed by atoms with Crippen molar-refractivity contribution in [3.63, 3.8) is 0 Å². The van der Waals surface area contributed by atoms with Crippen LogP contribution in [-0.2, 0) is 10.8 Å². The van der Waals surface area contributed by atoms with E-state index in [9.17, 15) is 0 Å². The molecule has 0 unspecified atom stereocenters. The smallest absolute Gasteiger partial charge is 0.0367 e. The SMILES string of the molecule is C[C@H]1CN(c2ccc(C(C)(C)C)cc2)C[C@@H](CCN(C)CCN(C)c2ccc(C(C)(C)C)cc2)N1C. The maximum absolute atomic E-state index is 2.59. The highest BCUT2D eigenvalue weighted by molar-refractivity contribution is 5.50. The van der Waals surface area contributed by atoms with Crippen molar-refractivity contribution in [2.45, 2.75) is 77.8 Å². The molecule has 4 heteroatoms. The molecule has 3 rings (SSSR count). The summed E-state index contributed by atoms with van der Waals surface area (Å²) in [7, 11) is 6.79. The Morgan fingerprint density at radius 3 is 1.81 bits per heavy atom. The maximum Gasteiger partial charge on any atom is 0.0367 e. The number of likely N-dealkylation sites (N-methyl/N-ethyl adjacent to an activating group) is 3. The van der Waals surface area contributed by atoms with Crippen LogP contribution in [0.5, 0.6) is 0 Å². The van der Waals surface area contributed by atoms with Crippen LogP contribution in [0.2, 0.25) is 0 Å². The van der Waals surface area contributed by atoms with Gasteiger partial charge in [-0.1, -0.05) is 65.8 Å². The van der Waals surface area contributed by atoms with Crippen LogP contribution >= 0.6 is 0 Å². The van der Waals surface area contributed by atoms with Gasteiger partial charge in [-0.25, -0.2) is 0 Å². The van der Waals surface area contributed by atoms with Crippen molar-refractivity contribution in [1.29, 1.82) is 0 Å². The summed E-state index contributed by atoms with van der Waals surface area (Å²) in [6, 6.07) is 19.5. The third kappa shape index (κ3) is 7.49. The molecule has 0 radical (unpaired) electrons. The summed E-state index contributed by atoms with van der Waals surface area (Å²) < 4.78 is 0. The van der Waals surface area contributed by atoms with E-state index in [1.165, 1.54) is 28.9 Å². The van der Waals surface area contributed by atoms with E-state index in [4.69, 9.17) is 0 Å². The highest BCUT2D eigenvalue weighted by Gasteiger charge is 2.29. The van der Waals surface area contributed by atoms with Crippen molar-refractivity contribution in [3.8, 4) is 0 Å². The van der Waals surface area contributed by atoms with E-state index >= 15 is 0 Å². The van der Waals surface area contributed by atoms with Crippen LogP contribution in [0.3, 0.4) is 0 Å². The molecule has 0 N–H and O–H groups in total. The highest BCUT2D eigenvalue weighted by atomic mass is 15.3. The van der Waals surface area contributed by atoms with Gasteiger partial charge in [-0.3, -0.25) is 4.90 Å². The minimum absolute atomic E-state index is 0.199. The molecule has 36 heavy (non-hydrogen) atoms. The number of rotatable bonds is 8. The average molecular weight is 493 g/mol. The topological polar surface area (TPSA) is 13.0 Å². The third-order valence-corrected chi connectivity index (χ3v) is 8.12. The van der Waals surface area contributed by atoms with E-state index in [-0.39, 0.29) is 10.8 Å². The molecule has 1 saturated heterocycles.